The van der Waals surface area contributed by atoms with E-state index in [4.69, 9.17) is 4.42 Å². The van der Waals surface area contributed by atoms with E-state index in [1.807, 2.05) is 0 Å². The maximum Gasteiger partial charge on any atom is 0.274 e. The molecule has 0 aliphatic heterocycles. The second-order valence-corrected chi connectivity index (χ2v) is 2.87. The van der Waals surface area contributed by atoms with Gasteiger partial charge in [0, 0.05) is 0 Å². The van der Waals surface area contributed by atoms with Crippen molar-refractivity contribution in [3.05, 3.63) is 32.2 Å². The minimum atomic E-state index is -0.330. The molecule has 2 aromatic rings. The van der Waals surface area contributed by atoms with Crippen LogP contribution < -0.4 is 11.1 Å². The van der Waals surface area contributed by atoms with E-state index >= 15 is 0 Å². The molecule has 0 unspecified atom stereocenters. The quantitative estimate of drug-likeness (QED) is 0.616. The Balaban J connectivity index is 3.22. The van der Waals surface area contributed by atoms with Gasteiger partial charge in [-0.25, -0.2) is 0 Å². The summed E-state index contributed by atoms with van der Waals surface area (Å²) in [5.74, 6) is 0.944. The third kappa shape index (κ3) is 0.932. The van der Waals surface area contributed by atoms with Crippen LogP contribution in [0.25, 0.3) is 10.8 Å². The number of nitrogens with one attached hydrogen (secondary N) is 2. The average Bonchev–Trinajstić information content (AvgIpc) is 2.36. The number of hydrogen-bond donors (Lipinski definition) is 2. The molecule has 0 fully saturated rings. The van der Waals surface area contributed by atoms with Gasteiger partial charge in [0.05, 0.1) is 10.8 Å². The summed E-state index contributed by atoms with van der Waals surface area (Å²) in [4.78, 5) is 22.6. The average molecular weight is 180 g/mol. The topological polar surface area (TPSA) is 78.9 Å². The Kier molecular flexibility index (Phi) is 1.42. The Hall–Kier alpha value is -1.78. The molecule has 2 rings (SSSR count). The first-order valence-electron chi connectivity index (χ1n) is 3.82. The molecule has 0 saturated heterocycles. The zero-order valence-corrected chi connectivity index (χ0v) is 7.22. The van der Waals surface area contributed by atoms with Gasteiger partial charge in [0.25, 0.3) is 11.1 Å². The van der Waals surface area contributed by atoms with E-state index < -0.39 is 0 Å². The zero-order valence-electron chi connectivity index (χ0n) is 7.22. The Morgan fingerprint density at radius 2 is 1.31 bits per heavy atom. The first-order chi connectivity index (χ1) is 6.11. The summed E-state index contributed by atoms with van der Waals surface area (Å²) in [6.07, 6.45) is 0. The minimum Gasteiger partial charge on any atom is -0.465 e. The highest BCUT2D eigenvalue weighted by atomic mass is 16.3. The molecule has 0 aromatic carbocycles. The number of furan rings is 1. The lowest BCUT2D eigenvalue weighted by atomic mass is 10.2. The van der Waals surface area contributed by atoms with Crippen LogP contribution in [-0.4, -0.2) is 10.2 Å². The van der Waals surface area contributed by atoms with Crippen LogP contribution in [0, 0.1) is 13.8 Å². The molecular formula is C8H8N2O3. The fourth-order valence-electron chi connectivity index (χ4n) is 1.47. The first-order valence-corrected chi connectivity index (χ1v) is 3.82. The van der Waals surface area contributed by atoms with E-state index in [-0.39, 0.29) is 11.1 Å². The van der Waals surface area contributed by atoms with E-state index in [9.17, 15) is 9.59 Å². The molecule has 2 N–H and O–H groups in total. The molecule has 68 valence electrons. The number of hydrogen-bond acceptors (Lipinski definition) is 3. The molecule has 0 radical (unpaired) electrons. The molecule has 5 heteroatoms. The lowest BCUT2D eigenvalue weighted by Crippen LogP contribution is -2.18. The number of aromatic amines is 2. The third-order valence-electron chi connectivity index (χ3n) is 2.00. The Bertz CT molecular complexity index is 523. The smallest absolute Gasteiger partial charge is 0.274 e. The van der Waals surface area contributed by atoms with Crippen LogP contribution in [0.1, 0.15) is 11.5 Å². The van der Waals surface area contributed by atoms with Crippen molar-refractivity contribution >= 4 is 10.8 Å². The van der Waals surface area contributed by atoms with Crippen LogP contribution in [0.4, 0.5) is 0 Å². The van der Waals surface area contributed by atoms with Crippen molar-refractivity contribution < 1.29 is 4.42 Å². The lowest BCUT2D eigenvalue weighted by molar-refractivity contribution is 0.510. The summed E-state index contributed by atoms with van der Waals surface area (Å²) < 4.78 is 5.19. The molecular weight excluding hydrogens is 172 g/mol. The second kappa shape index (κ2) is 2.35. The van der Waals surface area contributed by atoms with Crippen molar-refractivity contribution in [3.8, 4) is 0 Å². The van der Waals surface area contributed by atoms with Gasteiger partial charge in [-0.1, -0.05) is 0 Å². The van der Waals surface area contributed by atoms with Crippen molar-refractivity contribution in [3.63, 3.8) is 0 Å². The summed E-state index contributed by atoms with van der Waals surface area (Å²) in [5.41, 5.74) is -0.659. The van der Waals surface area contributed by atoms with Crippen LogP contribution in [0.2, 0.25) is 0 Å². The highest BCUT2D eigenvalue weighted by Crippen LogP contribution is 2.17. The summed E-state index contributed by atoms with van der Waals surface area (Å²) in [6, 6.07) is 0. The van der Waals surface area contributed by atoms with Crippen molar-refractivity contribution in [1.29, 1.82) is 0 Å². The Morgan fingerprint density at radius 3 is 1.69 bits per heavy atom. The fourth-order valence-corrected chi connectivity index (χ4v) is 1.47. The number of fused-ring (bicyclic) bond motifs is 1. The molecule has 13 heavy (non-hydrogen) atoms. The van der Waals surface area contributed by atoms with Gasteiger partial charge in [0.1, 0.15) is 11.5 Å². The van der Waals surface area contributed by atoms with Crippen LogP contribution in [0.5, 0.6) is 0 Å². The molecule has 0 aliphatic carbocycles. The maximum absolute atomic E-state index is 11.3. The maximum atomic E-state index is 11.3. The van der Waals surface area contributed by atoms with E-state index in [0.717, 1.165) is 0 Å². The predicted octanol–water partition coefficient (Wildman–Crippen LogP) is 0.426. The summed E-state index contributed by atoms with van der Waals surface area (Å²) in [7, 11) is 0. The molecule has 2 aromatic heterocycles. The molecule has 0 saturated carbocycles. The first kappa shape index (κ1) is 7.85. The predicted molar refractivity (Wildman–Crippen MR) is 46.9 cm³/mol. The van der Waals surface area contributed by atoms with Gasteiger partial charge in [0.2, 0.25) is 0 Å². The van der Waals surface area contributed by atoms with Crippen molar-refractivity contribution in [2.24, 2.45) is 0 Å². The SMILES string of the molecule is Cc1oc(C)c2c(=O)[nH][nH]c(=O)c12. The van der Waals surface area contributed by atoms with Crippen molar-refractivity contribution in [1.82, 2.24) is 10.2 Å². The van der Waals surface area contributed by atoms with Crippen LogP contribution in [0.3, 0.4) is 0 Å². The van der Waals surface area contributed by atoms with Crippen LogP contribution in [0.15, 0.2) is 14.0 Å². The molecule has 0 spiro atoms. The molecule has 5 nitrogen and oxygen atoms in total. The van der Waals surface area contributed by atoms with Crippen LogP contribution in [-0.2, 0) is 0 Å². The number of rotatable bonds is 0. The fraction of sp³-hybridized carbons (Fsp3) is 0.250. The third-order valence-corrected chi connectivity index (χ3v) is 2.00. The monoisotopic (exact) mass is 180 g/mol. The number of aryl methyl sites for hydroxylation is 2. The number of H-pyrrole nitrogens is 2. The largest absolute Gasteiger partial charge is 0.465 e. The molecule has 0 aliphatic rings. The summed E-state index contributed by atoms with van der Waals surface area (Å²) >= 11 is 0. The normalized spacial score (nSPS) is 10.9. The van der Waals surface area contributed by atoms with Gasteiger partial charge in [0.15, 0.2) is 0 Å². The summed E-state index contributed by atoms with van der Waals surface area (Å²) in [6.45, 7) is 3.31. The van der Waals surface area contributed by atoms with Gasteiger partial charge in [-0.15, -0.1) is 0 Å². The lowest BCUT2D eigenvalue weighted by Gasteiger charge is -1.86. The highest BCUT2D eigenvalue weighted by Gasteiger charge is 2.13. The van der Waals surface area contributed by atoms with Crippen molar-refractivity contribution in [2.45, 2.75) is 13.8 Å². The van der Waals surface area contributed by atoms with Gasteiger partial charge < -0.3 is 4.42 Å². The minimum absolute atomic E-state index is 0.330. The van der Waals surface area contributed by atoms with E-state index in [1.54, 1.807) is 13.8 Å². The van der Waals surface area contributed by atoms with Gasteiger partial charge >= 0.3 is 0 Å². The van der Waals surface area contributed by atoms with Gasteiger partial charge in [-0.05, 0) is 13.8 Å². The van der Waals surface area contributed by atoms with E-state index in [0.29, 0.717) is 22.3 Å². The molecule has 0 atom stereocenters. The highest BCUT2D eigenvalue weighted by molar-refractivity contribution is 5.84. The standard InChI is InChI=1S/C8H8N2O3/c1-3-5-6(4(2)13-3)8(12)10-9-7(5)11/h1-2H3,(H,9,11)(H,10,12). The zero-order chi connectivity index (χ0) is 9.59. The Labute approximate surface area is 72.4 Å². The van der Waals surface area contributed by atoms with E-state index in [1.165, 1.54) is 0 Å². The number of aromatic nitrogens is 2. The molecule has 0 bridgehead atoms. The van der Waals surface area contributed by atoms with E-state index in [2.05, 4.69) is 10.2 Å². The Morgan fingerprint density at radius 1 is 0.923 bits per heavy atom. The van der Waals surface area contributed by atoms with Gasteiger partial charge in [-0.3, -0.25) is 19.8 Å². The molecule has 2 heterocycles. The van der Waals surface area contributed by atoms with Crippen molar-refractivity contribution in [2.75, 3.05) is 0 Å². The second-order valence-electron chi connectivity index (χ2n) is 2.87. The van der Waals surface area contributed by atoms with Crippen LogP contribution >= 0.6 is 0 Å². The summed E-state index contributed by atoms with van der Waals surface area (Å²) in [5, 5.41) is 5.16. The van der Waals surface area contributed by atoms with Gasteiger partial charge in [-0.2, -0.15) is 0 Å². The molecule has 0 amide bonds.